The van der Waals surface area contributed by atoms with Crippen LogP contribution in [0.4, 0.5) is 0 Å². The predicted octanol–water partition coefficient (Wildman–Crippen LogP) is -2.31. The normalized spacial score (nSPS) is 8.44. The van der Waals surface area contributed by atoms with E-state index in [2.05, 4.69) is 0 Å². The summed E-state index contributed by atoms with van der Waals surface area (Å²) in [7, 11) is 3.68. The Balaban J connectivity index is 0. The van der Waals surface area contributed by atoms with E-state index >= 15 is 0 Å². The second-order valence-corrected chi connectivity index (χ2v) is 1.91. The Hall–Kier alpha value is 1.14. The summed E-state index contributed by atoms with van der Waals surface area (Å²) in [5, 5.41) is 0. The van der Waals surface area contributed by atoms with Gasteiger partial charge in [-0.2, -0.15) is 0 Å². The van der Waals surface area contributed by atoms with Crippen LogP contribution in [0.2, 0.25) is 0 Å². The average Bonchev–Trinajstić information content (AvgIpc) is 1.65. The molecule has 0 N–H and O–H groups in total. The van der Waals surface area contributed by atoms with E-state index in [0.717, 1.165) is 0 Å². The molecular weight excluding hydrogens is 141 g/mol. The van der Waals surface area contributed by atoms with E-state index in [1.807, 2.05) is 21.0 Å². The number of hydrogen-bond donors (Lipinski definition) is 0. The molecule has 3 heteroatoms. The SMILES string of the molecule is CCC(=O)[CH-]N(C)C.[K+]. The molecule has 0 radical (unpaired) electrons. The van der Waals surface area contributed by atoms with Crippen LogP contribution in [0.15, 0.2) is 0 Å². The topological polar surface area (TPSA) is 20.3 Å². The third-order valence-corrected chi connectivity index (χ3v) is 0.751. The zero-order chi connectivity index (χ0) is 6.57. The van der Waals surface area contributed by atoms with E-state index in [-0.39, 0.29) is 57.2 Å². The Morgan fingerprint density at radius 3 is 2.11 bits per heavy atom. The maximum absolute atomic E-state index is 10.5. The van der Waals surface area contributed by atoms with Crippen molar-refractivity contribution in [3.63, 3.8) is 0 Å². The molecule has 0 spiro atoms. The predicted molar refractivity (Wildman–Crippen MR) is 33.3 cm³/mol. The summed E-state index contributed by atoms with van der Waals surface area (Å²) in [4.78, 5) is 12.3. The van der Waals surface area contributed by atoms with Crippen LogP contribution in [0, 0.1) is 6.54 Å². The molecule has 0 saturated carbocycles. The van der Waals surface area contributed by atoms with Gasteiger partial charge in [0, 0.05) is 5.78 Å². The van der Waals surface area contributed by atoms with Crippen LogP contribution in [0.1, 0.15) is 13.3 Å². The van der Waals surface area contributed by atoms with Gasteiger partial charge in [0.1, 0.15) is 0 Å². The van der Waals surface area contributed by atoms with Gasteiger partial charge in [0.25, 0.3) is 0 Å². The molecule has 0 aromatic carbocycles. The summed E-state index contributed by atoms with van der Waals surface area (Å²) in [6, 6.07) is 0. The molecule has 48 valence electrons. The number of nitrogens with zero attached hydrogens (tertiary/aromatic N) is 1. The van der Waals surface area contributed by atoms with E-state index in [1.165, 1.54) is 0 Å². The Labute approximate surface area is 99.4 Å². The van der Waals surface area contributed by atoms with E-state index in [9.17, 15) is 4.79 Å². The molecule has 0 aromatic heterocycles. The molecule has 0 aliphatic rings. The van der Waals surface area contributed by atoms with Crippen molar-refractivity contribution in [2.24, 2.45) is 0 Å². The maximum atomic E-state index is 10.5. The standard InChI is InChI=1S/C6H12NO.K/c1-4-6(8)5-7(2)3;/h5H,4H2,1-3H3;/q-1;+1. The Bertz CT molecular complexity index is 83.1. The first kappa shape index (κ1) is 12.8. The number of likely N-dealkylation sites (N-methyl/N-ethyl adjacent to an activating group) is 1. The first-order valence-corrected chi connectivity index (χ1v) is 2.71. The largest absolute Gasteiger partial charge is 1.00 e. The number of Topliss-reactive ketones (excluding diaryl/α,β-unsaturated/α-hetero) is 1. The van der Waals surface area contributed by atoms with E-state index < -0.39 is 0 Å². The molecule has 0 heterocycles. The first-order valence-electron chi connectivity index (χ1n) is 2.71. The molecule has 0 aliphatic carbocycles. The molecule has 0 aromatic rings. The number of rotatable bonds is 3. The van der Waals surface area contributed by atoms with Crippen LogP contribution in [0.3, 0.4) is 0 Å². The molecule has 0 amide bonds. The van der Waals surface area contributed by atoms with Gasteiger partial charge >= 0.3 is 51.4 Å². The van der Waals surface area contributed by atoms with Crippen molar-refractivity contribution in [2.75, 3.05) is 14.1 Å². The summed E-state index contributed by atoms with van der Waals surface area (Å²) in [6.07, 6.45) is 0.595. The summed E-state index contributed by atoms with van der Waals surface area (Å²) < 4.78 is 0. The number of carbonyl (C=O) groups is 1. The summed E-state index contributed by atoms with van der Waals surface area (Å²) in [5.41, 5.74) is 0. The van der Waals surface area contributed by atoms with Crippen LogP contribution >= 0.6 is 0 Å². The zero-order valence-corrected chi connectivity index (χ0v) is 9.76. The van der Waals surface area contributed by atoms with E-state index in [4.69, 9.17) is 0 Å². The van der Waals surface area contributed by atoms with Gasteiger partial charge in [-0.1, -0.05) is 6.92 Å². The van der Waals surface area contributed by atoms with Crippen molar-refractivity contribution in [1.82, 2.24) is 4.90 Å². The minimum atomic E-state index is 0. The van der Waals surface area contributed by atoms with Crippen LogP contribution < -0.4 is 51.4 Å². The minimum Gasteiger partial charge on any atom is -0.439 e. The molecule has 0 aliphatic heterocycles. The smallest absolute Gasteiger partial charge is 0.439 e. The van der Waals surface area contributed by atoms with Crippen molar-refractivity contribution in [1.29, 1.82) is 0 Å². The van der Waals surface area contributed by atoms with Gasteiger partial charge in [-0.3, -0.25) is 6.54 Å². The van der Waals surface area contributed by atoms with Gasteiger partial charge in [-0.15, -0.1) is 0 Å². The third kappa shape index (κ3) is 9.14. The van der Waals surface area contributed by atoms with Crippen LogP contribution in [0.5, 0.6) is 0 Å². The fourth-order valence-electron chi connectivity index (χ4n) is 0.379. The third-order valence-electron chi connectivity index (χ3n) is 0.751. The monoisotopic (exact) mass is 153 g/mol. The molecule has 0 saturated heterocycles. The quantitative estimate of drug-likeness (QED) is 0.335. The number of hydrogen-bond acceptors (Lipinski definition) is 2. The fourth-order valence-corrected chi connectivity index (χ4v) is 0.379. The Morgan fingerprint density at radius 1 is 1.56 bits per heavy atom. The van der Waals surface area contributed by atoms with E-state index in [1.54, 1.807) is 11.4 Å². The number of ketones is 1. The van der Waals surface area contributed by atoms with Gasteiger partial charge < -0.3 is 9.69 Å². The Morgan fingerprint density at radius 2 is 2.00 bits per heavy atom. The van der Waals surface area contributed by atoms with Crippen molar-refractivity contribution in [3.05, 3.63) is 6.54 Å². The molecule has 0 bridgehead atoms. The molecule has 0 unspecified atom stereocenters. The molecule has 0 rings (SSSR count). The summed E-state index contributed by atoms with van der Waals surface area (Å²) in [5.74, 6) is 0.176. The zero-order valence-electron chi connectivity index (χ0n) is 6.64. The minimum absolute atomic E-state index is 0. The second-order valence-electron chi connectivity index (χ2n) is 1.91. The molecule has 0 fully saturated rings. The van der Waals surface area contributed by atoms with Gasteiger partial charge in [-0.05, 0) is 20.5 Å². The second kappa shape index (κ2) is 7.25. The first-order chi connectivity index (χ1) is 3.66. The molecule has 9 heavy (non-hydrogen) atoms. The molecular formula is C6H12KNO. The molecule has 0 atom stereocenters. The fraction of sp³-hybridized carbons (Fsp3) is 0.667. The van der Waals surface area contributed by atoms with Crippen LogP contribution in [-0.2, 0) is 4.79 Å². The van der Waals surface area contributed by atoms with Crippen molar-refractivity contribution >= 4 is 5.78 Å². The van der Waals surface area contributed by atoms with Gasteiger partial charge in [0.05, 0.1) is 0 Å². The van der Waals surface area contributed by atoms with E-state index in [0.29, 0.717) is 6.42 Å². The van der Waals surface area contributed by atoms with Gasteiger partial charge in [-0.25, -0.2) is 0 Å². The van der Waals surface area contributed by atoms with Crippen LogP contribution in [0.25, 0.3) is 0 Å². The maximum Gasteiger partial charge on any atom is 1.00 e. The van der Waals surface area contributed by atoms with Crippen molar-refractivity contribution < 1.29 is 56.2 Å². The van der Waals surface area contributed by atoms with Crippen molar-refractivity contribution in [2.45, 2.75) is 13.3 Å². The summed E-state index contributed by atoms with van der Waals surface area (Å²) >= 11 is 0. The van der Waals surface area contributed by atoms with Crippen LogP contribution in [-0.4, -0.2) is 24.8 Å². The Kier molecular flexibility index (Phi) is 10.3. The molecule has 2 nitrogen and oxygen atoms in total. The van der Waals surface area contributed by atoms with Gasteiger partial charge in [0.15, 0.2) is 0 Å². The van der Waals surface area contributed by atoms with Crippen molar-refractivity contribution in [3.8, 4) is 0 Å². The average molecular weight is 153 g/mol. The van der Waals surface area contributed by atoms with Gasteiger partial charge in [0.2, 0.25) is 0 Å². The number of carbonyl (C=O) groups excluding carboxylic acids is 1. The summed E-state index contributed by atoms with van der Waals surface area (Å²) in [6.45, 7) is 3.43.